The van der Waals surface area contributed by atoms with Crippen molar-refractivity contribution in [3.05, 3.63) is 20.8 Å². The zero-order chi connectivity index (χ0) is 11.7. The summed E-state index contributed by atoms with van der Waals surface area (Å²) in [5, 5.41) is 3.73. The highest BCUT2D eigenvalue weighted by atomic mass is 35.5. The maximum Gasteiger partial charge on any atom is 0.0934 e. The van der Waals surface area contributed by atoms with Crippen molar-refractivity contribution in [2.45, 2.75) is 52.1 Å². The Balaban J connectivity index is 1.97. The van der Waals surface area contributed by atoms with Gasteiger partial charge in [0.1, 0.15) is 0 Å². The first-order chi connectivity index (χ1) is 7.56. The zero-order valence-corrected chi connectivity index (χ0v) is 11.8. The van der Waals surface area contributed by atoms with Gasteiger partial charge >= 0.3 is 0 Å². The van der Waals surface area contributed by atoms with Crippen molar-refractivity contribution < 1.29 is 0 Å². The van der Waals surface area contributed by atoms with E-state index in [-0.39, 0.29) is 0 Å². The fraction of sp³-hybridized carbons (Fsp3) is 0.692. The SMILES string of the molecule is CC(C)CC(C)NC1CCc2sc(Cl)cc21. The van der Waals surface area contributed by atoms with Crippen LogP contribution >= 0.6 is 22.9 Å². The lowest BCUT2D eigenvalue weighted by atomic mass is 10.0. The number of hydrogen-bond donors (Lipinski definition) is 1. The highest BCUT2D eigenvalue weighted by Gasteiger charge is 2.25. The molecule has 1 aromatic heterocycles. The Bertz CT molecular complexity index is 359. The van der Waals surface area contributed by atoms with E-state index in [1.165, 1.54) is 29.7 Å². The summed E-state index contributed by atoms with van der Waals surface area (Å²) in [4.78, 5) is 1.49. The number of hydrogen-bond acceptors (Lipinski definition) is 2. The first-order valence-corrected chi connectivity index (χ1v) is 7.30. The molecular weight excluding hydrogens is 238 g/mol. The topological polar surface area (TPSA) is 12.0 Å². The van der Waals surface area contributed by atoms with Crippen LogP contribution in [0.3, 0.4) is 0 Å². The van der Waals surface area contributed by atoms with Crippen molar-refractivity contribution in [2.24, 2.45) is 5.92 Å². The molecule has 0 saturated heterocycles. The Morgan fingerprint density at radius 2 is 2.25 bits per heavy atom. The Kier molecular flexibility index (Phi) is 3.93. The van der Waals surface area contributed by atoms with E-state index < -0.39 is 0 Å². The first kappa shape index (κ1) is 12.4. The van der Waals surface area contributed by atoms with E-state index >= 15 is 0 Å². The Morgan fingerprint density at radius 3 is 2.94 bits per heavy atom. The standard InChI is InChI=1S/C13H20ClNS/c1-8(2)6-9(3)15-11-4-5-12-10(11)7-13(14)16-12/h7-9,11,15H,4-6H2,1-3H3. The number of halogens is 1. The summed E-state index contributed by atoms with van der Waals surface area (Å²) in [6.07, 6.45) is 3.67. The molecule has 16 heavy (non-hydrogen) atoms. The maximum absolute atomic E-state index is 6.06. The van der Waals surface area contributed by atoms with E-state index in [4.69, 9.17) is 11.6 Å². The molecule has 90 valence electrons. The molecule has 2 rings (SSSR count). The van der Waals surface area contributed by atoms with E-state index in [1.54, 1.807) is 11.3 Å². The maximum atomic E-state index is 6.06. The summed E-state index contributed by atoms with van der Waals surface area (Å²) < 4.78 is 0.938. The van der Waals surface area contributed by atoms with Gasteiger partial charge in [-0.05, 0) is 43.7 Å². The lowest BCUT2D eigenvalue weighted by molar-refractivity contribution is 0.393. The van der Waals surface area contributed by atoms with Gasteiger partial charge in [-0.15, -0.1) is 11.3 Å². The summed E-state index contributed by atoms with van der Waals surface area (Å²) in [5.41, 5.74) is 1.45. The Labute approximate surface area is 107 Å². The van der Waals surface area contributed by atoms with Crippen molar-refractivity contribution in [1.29, 1.82) is 0 Å². The summed E-state index contributed by atoms with van der Waals surface area (Å²) >= 11 is 7.80. The van der Waals surface area contributed by atoms with Gasteiger partial charge in [0.05, 0.1) is 4.34 Å². The average molecular weight is 258 g/mol. The molecule has 0 saturated carbocycles. The van der Waals surface area contributed by atoms with Crippen LogP contribution in [0.1, 0.15) is 50.1 Å². The summed E-state index contributed by atoms with van der Waals surface area (Å²) in [6.45, 7) is 6.84. The molecule has 1 aliphatic carbocycles. The third kappa shape index (κ3) is 2.79. The van der Waals surface area contributed by atoms with Crippen LogP contribution in [0.2, 0.25) is 4.34 Å². The van der Waals surface area contributed by atoms with Crippen molar-refractivity contribution in [3.8, 4) is 0 Å². The molecule has 1 heterocycles. The van der Waals surface area contributed by atoms with Crippen LogP contribution in [0, 0.1) is 5.92 Å². The molecule has 1 aromatic rings. The first-order valence-electron chi connectivity index (χ1n) is 6.10. The zero-order valence-electron chi connectivity index (χ0n) is 10.2. The highest BCUT2D eigenvalue weighted by molar-refractivity contribution is 7.16. The Morgan fingerprint density at radius 1 is 1.50 bits per heavy atom. The summed E-state index contributed by atoms with van der Waals surface area (Å²) in [5.74, 6) is 0.759. The van der Waals surface area contributed by atoms with Gasteiger partial charge in [-0.1, -0.05) is 25.4 Å². The normalized spacial score (nSPS) is 21.4. The molecule has 0 spiro atoms. The second-order valence-electron chi connectivity index (χ2n) is 5.22. The fourth-order valence-electron chi connectivity index (χ4n) is 2.62. The predicted molar refractivity (Wildman–Crippen MR) is 72.4 cm³/mol. The van der Waals surface area contributed by atoms with Crippen molar-refractivity contribution in [3.63, 3.8) is 0 Å². The van der Waals surface area contributed by atoms with Crippen molar-refractivity contribution in [1.82, 2.24) is 5.32 Å². The van der Waals surface area contributed by atoms with Crippen LogP contribution < -0.4 is 5.32 Å². The molecule has 2 atom stereocenters. The minimum Gasteiger partial charge on any atom is -0.307 e. The Hall–Kier alpha value is -0.0500. The molecule has 3 heteroatoms. The number of fused-ring (bicyclic) bond motifs is 1. The molecule has 0 bridgehead atoms. The smallest absolute Gasteiger partial charge is 0.0934 e. The minimum absolute atomic E-state index is 0.535. The van der Waals surface area contributed by atoms with E-state index in [0.717, 1.165) is 10.3 Å². The second-order valence-corrected chi connectivity index (χ2v) is 6.99. The van der Waals surface area contributed by atoms with E-state index in [2.05, 4.69) is 32.2 Å². The molecule has 0 amide bonds. The largest absolute Gasteiger partial charge is 0.307 e. The van der Waals surface area contributed by atoms with Gasteiger partial charge in [-0.25, -0.2) is 0 Å². The predicted octanol–water partition coefficient (Wildman–Crippen LogP) is 4.41. The van der Waals surface area contributed by atoms with E-state index in [1.807, 2.05) is 0 Å². The van der Waals surface area contributed by atoms with Gasteiger partial charge in [-0.3, -0.25) is 0 Å². The number of nitrogens with one attached hydrogen (secondary N) is 1. The van der Waals surface area contributed by atoms with Gasteiger partial charge in [-0.2, -0.15) is 0 Å². The van der Waals surface area contributed by atoms with Crippen LogP contribution in [0.5, 0.6) is 0 Å². The monoisotopic (exact) mass is 257 g/mol. The van der Waals surface area contributed by atoms with Crippen LogP contribution in [-0.2, 0) is 6.42 Å². The van der Waals surface area contributed by atoms with E-state index in [9.17, 15) is 0 Å². The van der Waals surface area contributed by atoms with Gasteiger partial charge in [0, 0.05) is 17.0 Å². The van der Waals surface area contributed by atoms with Crippen LogP contribution in [-0.4, -0.2) is 6.04 Å². The second kappa shape index (κ2) is 5.07. The lowest BCUT2D eigenvalue weighted by Crippen LogP contribution is -2.30. The molecule has 2 unspecified atom stereocenters. The number of thiophene rings is 1. The van der Waals surface area contributed by atoms with Gasteiger partial charge in [0.25, 0.3) is 0 Å². The minimum atomic E-state index is 0.535. The van der Waals surface area contributed by atoms with Gasteiger partial charge < -0.3 is 5.32 Å². The average Bonchev–Trinajstić information content (AvgIpc) is 2.65. The summed E-state index contributed by atoms with van der Waals surface area (Å²) in [7, 11) is 0. The number of aryl methyl sites for hydroxylation is 1. The quantitative estimate of drug-likeness (QED) is 0.842. The van der Waals surface area contributed by atoms with Crippen LogP contribution in [0.15, 0.2) is 6.07 Å². The molecular formula is C13H20ClNS. The number of rotatable bonds is 4. The highest BCUT2D eigenvalue weighted by Crippen LogP contribution is 2.39. The molecule has 1 nitrogen and oxygen atoms in total. The third-order valence-corrected chi connectivity index (χ3v) is 4.50. The lowest BCUT2D eigenvalue weighted by Gasteiger charge is -2.21. The van der Waals surface area contributed by atoms with Crippen molar-refractivity contribution in [2.75, 3.05) is 0 Å². The van der Waals surface area contributed by atoms with Crippen molar-refractivity contribution >= 4 is 22.9 Å². The van der Waals surface area contributed by atoms with Crippen LogP contribution in [0.4, 0.5) is 0 Å². The molecule has 1 aliphatic rings. The molecule has 1 N–H and O–H groups in total. The van der Waals surface area contributed by atoms with Crippen LogP contribution in [0.25, 0.3) is 0 Å². The molecule has 0 aliphatic heterocycles. The summed E-state index contributed by atoms with van der Waals surface area (Å²) in [6, 6.07) is 3.27. The fourth-order valence-corrected chi connectivity index (χ4v) is 3.98. The molecule has 0 radical (unpaired) electrons. The van der Waals surface area contributed by atoms with Gasteiger partial charge in [0.15, 0.2) is 0 Å². The van der Waals surface area contributed by atoms with Gasteiger partial charge in [0.2, 0.25) is 0 Å². The van der Waals surface area contributed by atoms with E-state index in [0.29, 0.717) is 12.1 Å². The molecule has 0 fully saturated rings. The molecule has 0 aromatic carbocycles. The third-order valence-electron chi connectivity index (χ3n) is 3.16.